The van der Waals surface area contributed by atoms with Crippen LogP contribution in [0.2, 0.25) is 0 Å². The van der Waals surface area contributed by atoms with E-state index in [0.29, 0.717) is 12.1 Å². The van der Waals surface area contributed by atoms with Gasteiger partial charge in [-0.1, -0.05) is 6.92 Å². The van der Waals surface area contributed by atoms with E-state index in [1.807, 2.05) is 6.92 Å². The summed E-state index contributed by atoms with van der Waals surface area (Å²) >= 11 is 0. The van der Waals surface area contributed by atoms with Crippen molar-refractivity contribution in [2.75, 3.05) is 13.2 Å². The van der Waals surface area contributed by atoms with E-state index in [9.17, 15) is 13.6 Å². The molecule has 0 unspecified atom stereocenters. The molecule has 5 nitrogen and oxygen atoms in total. The van der Waals surface area contributed by atoms with Crippen molar-refractivity contribution in [1.29, 1.82) is 0 Å². The Morgan fingerprint density at radius 3 is 2.82 bits per heavy atom. The molecule has 1 aromatic heterocycles. The highest BCUT2D eigenvalue weighted by molar-refractivity contribution is 5.95. The van der Waals surface area contributed by atoms with Crippen LogP contribution in [0.1, 0.15) is 23.0 Å². The maximum atomic E-state index is 12.7. The zero-order chi connectivity index (χ0) is 13.1. The van der Waals surface area contributed by atoms with E-state index in [0.717, 1.165) is 0 Å². The lowest BCUT2D eigenvalue weighted by Crippen LogP contribution is -2.39. The van der Waals surface area contributed by atoms with E-state index in [-0.39, 0.29) is 5.56 Å². The van der Waals surface area contributed by atoms with Gasteiger partial charge in [-0.3, -0.25) is 9.48 Å². The van der Waals surface area contributed by atoms with E-state index in [1.54, 1.807) is 7.05 Å². The Labute approximate surface area is 97.4 Å². The monoisotopic (exact) mass is 247 g/mol. The average Bonchev–Trinajstić information content (AvgIpc) is 2.67. The van der Waals surface area contributed by atoms with Gasteiger partial charge in [-0.25, -0.2) is 8.78 Å². The summed E-state index contributed by atoms with van der Waals surface area (Å²) in [5, 5.41) is 14.5. The molecule has 0 aliphatic carbocycles. The van der Waals surface area contributed by atoms with Crippen LogP contribution in [-0.2, 0) is 13.5 Å². The number of nitrogens with zero attached hydrogens (tertiary/aromatic N) is 2. The van der Waals surface area contributed by atoms with Gasteiger partial charge in [-0.15, -0.1) is 0 Å². The van der Waals surface area contributed by atoms with Crippen molar-refractivity contribution in [3.63, 3.8) is 0 Å². The van der Waals surface area contributed by atoms with Crippen LogP contribution in [0.5, 0.6) is 0 Å². The van der Waals surface area contributed by atoms with Crippen molar-refractivity contribution < 1.29 is 18.7 Å². The van der Waals surface area contributed by atoms with Gasteiger partial charge in [-0.05, 0) is 6.42 Å². The molecule has 0 aromatic carbocycles. The van der Waals surface area contributed by atoms with Gasteiger partial charge in [0.25, 0.3) is 11.8 Å². The van der Waals surface area contributed by atoms with Crippen LogP contribution in [0.25, 0.3) is 0 Å². The molecule has 1 heterocycles. The number of carbonyl (C=O) groups is 1. The van der Waals surface area contributed by atoms with Crippen molar-refractivity contribution >= 4 is 5.91 Å². The molecule has 0 atom stereocenters. The molecule has 17 heavy (non-hydrogen) atoms. The summed E-state index contributed by atoms with van der Waals surface area (Å²) in [4.78, 5) is 11.6. The van der Waals surface area contributed by atoms with Crippen molar-refractivity contribution in [2.24, 2.45) is 7.05 Å². The summed E-state index contributed by atoms with van der Waals surface area (Å²) in [6.07, 6.45) is 2.02. The number of aliphatic hydroxyl groups is 1. The number of hydrogen-bond donors (Lipinski definition) is 2. The minimum absolute atomic E-state index is 0.281. The normalized spacial score (nSPS) is 11.6. The average molecular weight is 247 g/mol. The van der Waals surface area contributed by atoms with Gasteiger partial charge in [0.05, 0.1) is 17.8 Å². The summed E-state index contributed by atoms with van der Waals surface area (Å²) < 4.78 is 26.9. The third kappa shape index (κ3) is 3.48. The molecule has 0 aliphatic rings. The molecule has 0 spiro atoms. The molecule has 7 heteroatoms. The van der Waals surface area contributed by atoms with Crippen molar-refractivity contribution in [2.45, 2.75) is 19.3 Å². The lowest BCUT2D eigenvalue weighted by atomic mass is 10.2. The molecular formula is C10H15F2N3O2. The lowest BCUT2D eigenvalue weighted by molar-refractivity contribution is -0.0462. The van der Waals surface area contributed by atoms with Crippen molar-refractivity contribution in [1.82, 2.24) is 15.1 Å². The highest BCUT2D eigenvalue weighted by atomic mass is 19.3. The third-order valence-corrected chi connectivity index (χ3v) is 2.22. The predicted molar refractivity (Wildman–Crippen MR) is 57.0 cm³/mol. The molecule has 0 aliphatic heterocycles. The van der Waals surface area contributed by atoms with Crippen LogP contribution >= 0.6 is 0 Å². The van der Waals surface area contributed by atoms with Crippen molar-refractivity contribution in [3.8, 4) is 0 Å². The summed E-state index contributed by atoms with van der Waals surface area (Å²) in [6, 6.07) is 0. The Hall–Kier alpha value is -1.50. The van der Waals surface area contributed by atoms with E-state index < -0.39 is 25.0 Å². The van der Waals surface area contributed by atoms with Crippen LogP contribution in [-0.4, -0.2) is 39.9 Å². The van der Waals surface area contributed by atoms with Gasteiger partial charge < -0.3 is 10.4 Å². The third-order valence-electron chi connectivity index (χ3n) is 2.22. The number of aryl methyl sites for hydroxylation is 2. The number of alkyl halides is 2. The molecule has 0 saturated heterocycles. The highest BCUT2D eigenvalue weighted by Gasteiger charge is 2.28. The quantitative estimate of drug-likeness (QED) is 0.788. The van der Waals surface area contributed by atoms with Crippen LogP contribution in [0.3, 0.4) is 0 Å². The second-order valence-corrected chi connectivity index (χ2v) is 3.71. The fraction of sp³-hybridized carbons (Fsp3) is 0.600. The van der Waals surface area contributed by atoms with Gasteiger partial charge in [0, 0.05) is 13.2 Å². The largest absolute Gasteiger partial charge is 0.390 e. The second-order valence-electron chi connectivity index (χ2n) is 3.71. The molecule has 1 amide bonds. The second kappa shape index (κ2) is 5.22. The van der Waals surface area contributed by atoms with Gasteiger partial charge in [-0.2, -0.15) is 5.10 Å². The number of halogens is 2. The topological polar surface area (TPSA) is 67.2 Å². The maximum Gasteiger partial charge on any atom is 0.287 e. The fourth-order valence-electron chi connectivity index (χ4n) is 1.35. The Morgan fingerprint density at radius 2 is 2.29 bits per heavy atom. The van der Waals surface area contributed by atoms with Crippen LogP contribution in [0.15, 0.2) is 6.20 Å². The highest BCUT2D eigenvalue weighted by Crippen LogP contribution is 2.11. The fourth-order valence-corrected chi connectivity index (χ4v) is 1.35. The number of aromatic nitrogens is 2. The standard InChI is InChI=1S/C10H15F2N3O2/c1-3-8-7(4-15(2)14-8)9(17)13-5-10(11,12)6-16/h4,16H,3,5-6H2,1-2H3,(H,13,17). The summed E-state index contributed by atoms with van der Waals surface area (Å²) in [5.41, 5.74) is 0.834. The molecule has 0 radical (unpaired) electrons. The Bertz CT molecular complexity index is 404. The Balaban J connectivity index is 2.70. The summed E-state index contributed by atoms with van der Waals surface area (Å²) in [6.45, 7) is -0.358. The minimum Gasteiger partial charge on any atom is -0.390 e. The first-order chi connectivity index (χ1) is 7.89. The molecule has 0 bridgehead atoms. The van der Waals surface area contributed by atoms with Crippen LogP contribution in [0.4, 0.5) is 8.78 Å². The molecule has 2 N–H and O–H groups in total. The predicted octanol–water partition coefficient (Wildman–Crippen LogP) is 0.340. The molecule has 0 saturated carbocycles. The van der Waals surface area contributed by atoms with Crippen LogP contribution in [0, 0.1) is 0 Å². The van der Waals surface area contributed by atoms with Gasteiger partial charge >= 0.3 is 0 Å². The Morgan fingerprint density at radius 1 is 1.65 bits per heavy atom. The number of hydrogen-bond acceptors (Lipinski definition) is 3. The molecule has 1 rings (SSSR count). The Kier molecular flexibility index (Phi) is 4.17. The van der Waals surface area contributed by atoms with E-state index in [2.05, 4.69) is 10.4 Å². The van der Waals surface area contributed by atoms with Crippen LogP contribution < -0.4 is 5.32 Å². The molecule has 96 valence electrons. The molecule has 0 fully saturated rings. The van der Waals surface area contributed by atoms with Gasteiger partial charge in [0.15, 0.2) is 0 Å². The zero-order valence-corrected chi connectivity index (χ0v) is 9.70. The number of carbonyl (C=O) groups excluding carboxylic acids is 1. The smallest absolute Gasteiger partial charge is 0.287 e. The molecule has 1 aromatic rings. The number of amides is 1. The lowest BCUT2D eigenvalue weighted by Gasteiger charge is -2.13. The summed E-state index contributed by atoms with van der Waals surface area (Å²) in [5.74, 6) is -3.91. The van der Waals surface area contributed by atoms with Crippen molar-refractivity contribution in [3.05, 3.63) is 17.5 Å². The minimum atomic E-state index is -3.30. The molecular weight excluding hydrogens is 232 g/mol. The van der Waals surface area contributed by atoms with E-state index in [1.165, 1.54) is 10.9 Å². The zero-order valence-electron chi connectivity index (χ0n) is 9.70. The van der Waals surface area contributed by atoms with E-state index >= 15 is 0 Å². The first-order valence-corrected chi connectivity index (χ1v) is 5.19. The van der Waals surface area contributed by atoms with E-state index in [4.69, 9.17) is 5.11 Å². The first kappa shape index (κ1) is 13.6. The number of nitrogens with one attached hydrogen (secondary N) is 1. The number of aliphatic hydroxyl groups excluding tert-OH is 1. The maximum absolute atomic E-state index is 12.7. The van der Waals surface area contributed by atoms with Gasteiger partial charge in [0.1, 0.15) is 6.61 Å². The SMILES string of the molecule is CCc1nn(C)cc1C(=O)NCC(F)(F)CO. The van der Waals surface area contributed by atoms with Gasteiger partial charge in [0.2, 0.25) is 0 Å². The first-order valence-electron chi connectivity index (χ1n) is 5.19. The summed E-state index contributed by atoms with van der Waals surface area (Å²) in [7, 11) is 1.65. The number of rotatable bonds is 5.